The lowest BCUT2D eigenvalue weighted by atomic mass is 9.99. The lowest BCUT2D eigenvalue weighted by Crippen LogP contribution is -2.29. The molecule has 1 unspecified atom stereocenters. The highest BCUT2D eigenvalue weighted by atomic mass is 35.5. The number of nitrogens with zero attached hydrogens (tertiary/aromatic N) is 4. The molecule has 0 spiro atoms. The monoisotopic (exact) mass is 384 g/mol. The van der Waals surface area contributed by atoms with Crippen molar-refractivity contribution in [1.29, 1.82) is 0 Å². The zero-order chi connectivity index (χ0) is 19.0. The predicted octanol–water partition coefficient (Wildman–Crippen LogP) is 2.79. The van der Waals surface area contributed by atoms with E-state index >= 15 is 0 Å². The molecule has 0 bridgehead atoms. The second-order valence-corrected chi connectivity index (χ2v) is 7.17. The van der Waals surface area contributed by atoms with Gasteiger partial charge in [0.05, 0.1) is 10.6 Å². The van der Waals surface area contributed by atoms with E-state index in [4.69, 9.17) is 16.7 Å². The maximum atomic E-state index is 12.8. The molecule has 0 saturated carbocycles. The Balaban J connectivity index is 1.44. The molecule has 3 aromatic rings. The van der Waals surface area contributed by atoms with Gasteiger partial charge >= 0.3 is 5.97 Å². The van der Waals surface area contributed by atoms with E-state index in [1.807, 2.05) is 0 Å². The van der Waals surface area contributed by atoms with Crippen LogP contribution in [0.2, 0.25) is 5.02 Å². The summed E-state index contributed by atoms with van der Waals surface area (Å²) >= 11 is 5.98. The lowest BCUT2D eigenvalue weighted by Gasteiger charge is -2.15. The molecule has 1 atom stereocenters. The van der Waals surface area contributed by atoms with Crippen LogP contribution in [-0.4, -0.2) is 49.3 Å². The number of fused-ring (bicyclic) bond motifs is 1. The van der Waals surface area contributed by atoms with Gasteiger partial charge in [-0.2, -0.15) is 0 Å². The molecule has 27 heavy (non-hydrogen) atoms. The minimum absolute atomic E-state index is 0.102. The molecule has 1 fully saturated rings. The van der Waals surface area contributed by atoms with Crippen molar-refractivity contribution in [2.75, 3.05) is 13.1 Å². The van der Waals surface area contributed by atoms with Crippen molar-refractivity contribution in [1.82, 2.24) is 19.3 Å². The predicted molar refractivity (Wildman–Crippen MR) is 99.1 cm³/mol. The van der Waals surface area contributed by atoms with E-state index in [9.17, 15) is 9.59 Å². The summed E-state index contributed by atoms with van der Waals surface area (Å²) in [7, 11) is 0. The summed E-state index contributed by atoms with van der Waals surface area (Å²) in [5.41, 5.74) is 2.13. The smallest absolute Gasteiger partial charge is 0.337 e. The van der Waals surface area contributed by atoms with Crippen LogP contribution in [-0.2, 0) is 6.42 Å². The van der Waals surface area contributed by atoms with Gasteiger partial charge < -0.3 is 14.4 Å². The summed E-state index contributed by atoms with van der Waals surface area (Å²) < 4.78 is 1.74. The SMILES string of the molecule is O=C(O)c1cncc(CC2CCN(C(=O)c3cn4cc(Cl)ccc4n3)C2)c1. The van der Waals surface area contributed by atoms with Crippen LogP contribution in [0, 0.1) is 5.92 Å². The average molecular weight is 385 g/mol. The fourth-order valence-corrected chi connectivity index (χ4v) is 3.63. The van der Waals surface area contributed by atoms with Crippen LogP contribution in [0.15, 0.2) is 43.0 Å². The van der Waals surface area contributed by atoms with Gasteiger partial charge in [-0.05, 0) is 42.5 Å². The first kappa shape index (κ1) is 17.5. The van der Waals surface area contributed by atoms with Crippen LogP contribution >= 0.6 is 11.6 Å². The van der Waals surface area contributed by atoms with E-state index < -0.39 is 5.97 Å². The van der Waals surface area contributed by atoms with E-state index in [-0.39, 0.29) is 17.4 Å². The molecule has 1 aliphatic heterocycles. The Morgan fingerprint density at radius 2 is 2.11 bits per heavy atom. The van der Waals surface area contributed by atoms with Gasteiger partial charge in [0.15, 0.2) is 0 Å². The molecule has 1 saturated heterocycles. The number of carbonyl (C=O) groups is 2. The minimum Gasteiger partial charge on any atom is -0.478 e. The van der Waals surface area contributed by atoms with Crippen LogP contribution in [0.5, 0.6) is 0 Å². The molecule has 1 amide bonds. The van der Waals surface area contributed by atoms with Gasteiger partial charge in [-0.3, -0.25) is 9.78 Å². The number of hydrogen-bond donors (Lipinski definition) is 1. The second kappa shape index (κ2) is 7.00. The van der Waals surface area contributed by atoms with E-state index in [2.05, 4.69) is 9.97 Å². The van der Waals surface area contributed by atoms with Gasteiger partial charge in [0.1, 0.15) is 11.3 Å². The number of imidazole rings is 1. The molecule has 0 aromatic carbocycles. The number of pyridine rings is 2. The van der Waals surface area contributed by atoms with Crippen LogP contribution in [0.3, 0.4) is 0 Å². The number of aromatic nitrogens is 3. The summed E-state index contributed by atoms with van der Waals surface area (Å²) in [4.78, 5) is 34.0. The molecule has 7 nitrogen and oxygen atoms in total. The Labute approximate surface area is 160 Å². The number of aromatic carboxylic acids is 1. The standard InChI is InChI=1S/C19H17ClN4O3/c20-15-1-2-17-22-16(11-24(17)10-15)18(25)23-4-3-12(9-23)5-13-6-14(19(26)27)8-21-7-13/h1-2,6-8,10-12H,3-5,9H2,(H,26,27). The molecular formula is C19H17ClN4O3. The zero-order valence-electron chi connectivity index (χ0n) is 14.4. The summed E-state index contributed by atoms with van der Waals surface area (Å²) in [6.07, 6.45) is 7.99. The first-order valence-electron chi connectivity index (χ1n) is 8.60. The van der Waals surface area contributed by atoms with Crippen molar-refractivity contribution >= 4 is 29.1 Å². The molecule has 0 aliphatic carbocycles. The Morgan fingerprint density at radius 1 is 1.26 bits per heavy atom. The summed E-state index contributed by atoms with van der Waals surface area (Å²) in [5, 5.41) is 9.66. The second-order valence-electron chi connectivity index (χ2n) is 6.74. The Bertz CT molecular complexity index is 1030. The van der Waals surface area contributed by atoms with Crippen LogP contribution < -0.4 is 0 Å². The van der Waals surface area contributed by atoms with Crippen molar-refractivity contribution in [3.63, 3.8) is 0 Å². The van der Waals surface area contributed by atoms with Crippen molar-refractivity contribution < 1.29 is 14.7 Å². The number of carbonyl (C=O) groups excluding carboxylic acids is 1. The van der Waals surface area contributed by atoms with Crippen molar-refractivity contribution in [2.24, 2.45) is 5.92 Å². The molecule has 0 radical (unpaired) electrons. The minimum atomic E-state index is -0.987. The van der Waals surface area contributed by atoms with Crippen LogP contribution in [0.25, 0.3) is 5.65 Å². The molecular weight excluding hydrogens is 368 g/mol. The number of hydrogen-bond acceptors (Lipinski definition) is 4. The number of carboxylic acids is 1. The first-order chi connectivity index (χ1) is 13.0. The van der Waals surface area contributed by atoms with E-state index in [1.54, 1.807) is 46.1 Å². The molecule has 4 rings (SSSR count). The molecule has 4 heterocycles. The van der Waals surface area contributed by atoms with Gasteiger partial charge in [-0.25, -0.2) is 9.78 Å². The van der Waals surface area contributed by atoms with Crippen LogP contribution in [0.1, 0.15) is 32.8 Å². The van der Waals surface area contributed by atoms with Gasteiger partial charge in [-0.1, -0.05) is 11.6 Å². The zero-order valence-corrected chi connectivity index (χ0v) is 15.1. The highest BCUT2D eigenvalue weighted by Crippen LogP contribution is 2.23. The number of halogens is 1. The highest BCUT2D eigenvalue weighted by molar-refractivity contribution is 6.30. The van der Waals surface area contributed by atoms with E-state index in [1.165, 1.54) is 6.20 Å². The molecule has 8 heteroatoms. The third kappa shape index (κ3) is 3.64. The van der Waals surface area contributed by atoms with Crippen LogP contribution in [0.4, 0.5) is 0 Å². The Morgan fingerprint density at radius 3 is 2.93 bits per heavy atom. The quantitative estimate of drug-likeness (QED) is 0.747. The molecule has 1 N–H and O–H groups in total. The third-order valence-corrected chi connectivity index (χ3v) is 5.00. The summed E-state index contributed by atoms with van der Waals surface area (Å²) in [6, 6.07) is 5.16. The fraction of sp³-hybridized carbons (Fsp3) is 0.263. The summed E-state index contributed by atoms with van der Waals surface area (Å²) in [6.45, 7) is 1.27. The van der Waals surface area contributed by atoms with Crippen molar-refractivity contribution in [3.05, 3.63) is 64.8 Å². The van der Waals surface area contributed by atoms with Crippen molar-refractivity contribution in [3.8, 4) is 0 Å². The van der Waals surface area contributed by atoms with Gasteiger partial charge in [-0.15, -0.1) is 0 Å². The van der Waals surface area contributed by atoms with Gasteiger partial charge in [0.2, 0.25) is 0 Å². The fourth-order valence-electron chi connectivity index (χ4n) is 3.46. The normalized spacial score (nSPS) is 16.8. The maximum absolute atomic E-state index is 12.8. The topological polar surface area (TPSA) is 87.8 Å². The number of rotatable bonds is 4. The first-order valence-corrected chi connectivity index (χ1v) is 8.98. The molecule has 3 aromatic heterocycles. The summed E-state index contributed by atoms with van der Waals surface area (Å²) in [5.74, 6) is -0.819. The average Bonchev–Trinajstić information content (AvgIpc) is 3.28. The largest absolute Gasteiger partial charge is 0.478 e. The van der Waals surface area contributed by atoms with Gasteiger partial charge in [0.25, 0.3) is 5.91 Å². The lowest BCUT2D eigenvalue weighted by molar-refractivity contribution is 0.0695. The van der Waals surface area contributed by atoms with E-state index in [0.717, 1.165) is 12.0 Å². The maximum Gasteiger partial charge on any atom is 0.337 e. The van der Waals surface area contributed by atoms with Gasteiger partial charge in [0, 0.05) is 37.9 Å². The third-order valence-electron chi connectivity index (χ3n) is 4.77. The Kier molecular flexibility index (Phi) is 4.53. The molecule has 1 aliphatic rings. The highest BCUT2D eigenvalue weighted by Gasteiger charge is 2.28. The number of likely N-dealkylation sites (tertiary alicyclic amines) is 1. The number of amides is 1. The van der Waals surface area contributed by atoms with E-state index in [0.29, 0.717) is 35.9 Å². The molecule has 138 valence electrons. The Hall–Kier alpha value is -2.93. The number of carboxylic acid groups (broad SMARTS) is 1. The van der Waals surface area contributed by atoms with Crippen molar-refractivity contribution in [2.45, 2.75) is 12.8 Å².